The standard InChI is InChI=1S/C32H34O7S/c33-27(19-16-23-10-4-1-5-11-23)37-22-26-30(38-28(34)20-17-24-12-6-2-7-13-24)31(32(36)40-26)39-29(35)21-18-25-14-8-3-9-15-25/h1-15,26,30-32,36H,16-22H2/t26-,30+,31-,32-/m0/s1. The number of rotatable bonds is 13. The van der Waals surface area contributed by atoms with E-state index in [9.17, 15) is 19.5 Å². The van der Waals surface area contributed by atoms with Gasteiger partial charge in [0.1, 0.15) is 12.0 Å². The van der Waals surface area contributed by atoms with E-state index in [-0.39, 0.29) is 25.9 Å². The Hall–Kier alpha value is -3.62. The van der Waals surface area contributed by atoms with Crippen molar-refractivity contribution in [2.45, 2.75) is 61.4 Å². The molecular weight excluding hydrogens is 528 g/mol. The molecule has 0 saturated carbocycles. The van der Waals surface area contributed by atoms with Gasteiger partial charge in [-0.3, -0.25) is 14.4 Å². The van der Waals surface area contributed by atoms with E-state index >= 15 is 0 Å². The van der Waals surface area contributed by atoms with Gasteiger partial charge in [0, 0.05) is 19.3 Å². The Morgan fingerprint density at radius 2 is 1.00 bits per heavy atom. The lowest BCUT2D eigenvalue weighted by Crippen LogP contribution is -2.42. The first kappa shape index (κ1) is 29.4. The SMILES string of the molecule is O=C(CCc1ccccc1)OC[C@@H]1S[C@H](O)[C@@H](OC(=O)CCc2ccccc2)[C@@H]1OC(=O)CCc1ccccc1. The number of carbonyl (C=O) groups is 3. The molecule has 1 heterocycles. The molecule has 1 aliphatic rings. The van der Waals surface area contributed by atoms with E-state index < -0.39 is 40.8 Å². The topological polar surface area (TPSA) is 99.1 Å². The van der Waals surface area contributed by atoms with Crippen LogP contribution in [0.15, 0.2) is 91.0 Å². The quantitative estimate of drug-likeness (QED) is 0.237. The summed E-state index contributed by atoms with van der Waals surface area (Å²) in [5, 5.41) is 10.2. The van der Waals surface area contributed by atoms with Gasteiger partial charge in [-0.2, -0.15) is 0 Å². The van der Waals surface area contributed by atoms with Gasteiger partial charge in [0.15, 0.2) is 12.2 Å². The minimum Gasteiger partial charge on any atom is -0.464 e. The number of aliphatic hydroxyl groups is 1. The van der Waals surface area contributed by atoms with Gasteiger partial charge in [-0.15, -0.1) is 11.8 Å². The summed E-state index contributed by atoms with van der Waals surface area (Å²) in [6.07, 6.45) is -0.0655. The van der Waals surface area contributed by atoms with Crippen LogP contribution in [0.1, 0.15) is 36.0 Å². The van der Waals surface area contributed by atoms with Gasteiger partial charge in [0.25, 0.3) is 0 Å². The average Bonchev–Trinajstić information content (AvgIpc) is 3.27. The Kier molecular flexibility index (Phi) is 11.2. The highest BCUT2D eigenvalue weighted by molar-refractivity contribution is 8.00. The Bertz CT molecular complexity index is 1220. The van der Waals surface area contributed by atoms with Gasteiger partial charge < -0.3 is 19.3 Å². The molecule has 3 aromatic carbocycles. The van der Waals surface area contributed by atoms with Crippen molar-refractivity contribution in [1.82, 2.24) is 0 Å². The summed E-state index contributed by atoms with van der Waals surface area (Å²) in [5.74, 6) is -1.37. The summed E-state index contributed by atoms with van der Waals surface area (Å²) in [7, 11) is 0. The minimum absolute atomic E-state index is 0.0793. The first-order valence-electron chi connectivity index (χ1n) is 13.5. The molecule has 0 aromatic heterocycles. The number of ether oxygens (including phenoxy) is 3. The fraction of sp³-hybridized carbons (Fsp3) is 0.344. The van der Waals surface area contributed by atoms with Gasteiger partial charge in [-0.05, 0) is 36.0 Å². The van der Waals surface area contributed by atoms with E-state index in [1.165, 1.54) is 0 Å². The first-order valence-corrected chi connectivity index (χ1v) is 14.4. The predicted octanol–water partition coefficient (Wildman–Crippen LogP) is 4.69. The van der Waals surface area contributed by atoms with Crippen LogP contribution >= 0.6 is 11.8 Å². The summed E-state index contributed by atoms with van der Waals surface area (Å²) < 4.78 is 16.9. The monoisotopic (exact) mass is 562 g/mol. The van der Waals surface area contributed by atoms with Crippen molar-refractivity contribution in [2.24, 2.45) is 0 Å². The molecule has 0 radical (unpaired) electrons. The van der Waals surface area contributed by atoms with Crippen molar-refractivity contribution in [3.8, 4) is 0 Å². The molecule has 1 fully saturated rings. The highest BCUT2D eigenvalue weighted by Gasteiger charge is 2.49. The molecule has 40 heavy (non-hydrogen) atoms. The van der Waals surface area contributed by atoms with Crippen molar-refractivity contribution in [1.29, 1.82) is 0 Å². The van der Waals surface area contributed by atoms with E-state index in [4.69, 9.17) is 14.2 Å². The van der Waals surface area contributed by atoms with Gasteiger partial charge >= 0.3 is 17.9 Å². The van der Waals surface area contributed by atoms with Gasteiger partial charge in [-0.25, -0.2) is 0 Å². The van der Waals surface area contributed by atoms with E-state index in [0.29, 0.717) is 19.3 Å². The molecule has 8 heteroatoms. The zero-order valence-electron chi connectivity index (χ0n) is 22.2. The van der Waals surface area contributed by atoms with Gasteiger partial charge in [-0.1, -0.05) is 91.0 Å². The number of aryl methyl sites for hydroxylation is 3. The Labute approximate surface area is 238 Å². The second-order valence-electron chi connectivity index (χ2n) is 9.61. The largest absolute Gasteiger partial charge is 0.464 e. The molecule has 0 bridgehead atoms. The van der Waals surface area contributed by atoms with Crippen molar-refractivity contribution < 1.29 is 33.7 Å². The van der Waals surface area contributed by atoms with Crippen molar-refractivity contribution in [2.75, 3.05) is 6.61 Å². The summed E-state index contributed by atoms with van der Waals surface area (Å²) in [6, 6.07) is 28.7. The van der Waals surface area contributed by atoms with Gasteiger partial charge in [0.2, 0.25) is 0 Å². The zero-order valence-corrected chi connectivity index (χ0v) is 23.0. The second kappa shape index (κ2) is 15.2. The fourth-order valence-electron chi connectivity index (χ4n) is 4.45. The lowest BCUT2D eigenvalue weighted by molar-refractivity contribution is -0.172. The van der Waals surface area contributed by atoms with Crippen LogP contribution in [0, 0.1) is 0 Å². The van der Waals surface area contributed by atoms with Crippen LogP contribution < -0.4 is 0 Å². The lowest BCUT2D eigenvalue weighted by Gasteiger charge is -2.24. The molecular formula is C32H34O7S. The van der Waals surface area contributed by atoms with E-state index in [1.807, 2.05) is 91.0 Å². The van der Waals surface area contributed by atoms with Crippen LogP contribution in [-0.4, -0.2) is 52.5 Å². The summed E-state index contributed by atoms with van der Waals surface area (Å²) >= 11 is 1.07. The summed E-state index contributed by atoms with van der Waals surface area (Å²) in [6.45, 7) is -0.0793. The third-order valence-corrected chi connectivity index (χ3v) is 7.91. The van der Waals surface area contributed by atoms with E-state index in [0.717, 1.165) is 28.5 Å². The highest BCUT2D eigenvalue weighted by Crippen LogP contribution is 2.37. The summed E-state index contributed by atoms with van der Waals surface area (Å²) in [5.41, 5.74) is 1.89. The van der Waals surface area contributed by atoms with Gasteiger partial charge in [0.05, 0.1) is 5.25 Å². The van der Waals surface area contributed by atoms with Crippen molar-refractivity contribution >= 4 is 29.7 Å². The molecule has 4 rings (SSSR count). The average molecular weight is 563 g/mol. The van der Waals surface area contributed by atoms with Crippen LogP contribution in [0.3, 0.4) is 0 Å². The number of aliphatic hydroxyl groups excluding tert-OH is 1. The molecule has 0 unspecified atom stereocenters. The molecule has 1 aliphatic heterocycles. The van der Waals surface area contributed by atoms with E-state index in [2.05, 4.69) is 0 Å². The van der Waals surface area contributed by atoms with E-state index in [1.54, 1.807) is 0 Å². The number of esters is 3. The highest BCUT2D eigenvalue weighted by atomic mass is 32.2. The van der Waals surface area contributed by atoms with Crippen LogP contribution in [0.25, 0.3) is 0 Å². The maximum absolute atomic E-state index is 12.8. The number of benzene rings is 3. The number of hydrogen-bond donors (Lipinski definition) is 1. The van der Waals surface area contributed by atoms with Crippen molar-refractivity contribution in [3.63, 3.8) is 0 Å². The molecule has 210 valence electrons. The fourth-order valence-corrected chi connectivity index (χ4v) is 5.69. The minimum atomic E-state index is -1.12. The predicted molar refractivity (Wildman–Crippen MR) is 152 cm³/mol. The van der Waals surface area contributed by atoms with Crippen LogP contribution in [0.4, 0.5) is 0 Å². The Balaban J connectivity index is 1.35. The molecule has 4 atom stereocenters. The smallest absolute Gasteiger partial charge is 0.306 e. The lowest BCUT2D eigenvalue weighted by atomic mass is 10.1. The molecule has 1 N–H and O–H groups in total. The zero-order chi connectivity index (χ0) is 28.2. The van der Waals surface area contributed by atoms with Crippen LogP contribution in [0.2, 0.25) is 0 Å². The van der Waals surface area contributed by atoms with Crippen molar-refractivity contribution in [3.05, 3.63) is 108 Å². The molecule has 0 amide bonds. The molecule has 3 aromatic rings. The third kappa shape index (κ3) is 9.24. The maximum atomic E-state index is 12.8. The maximum Gasteiger partial charge on any atom is 0.306 e. The normalized spacial score (nSPS) is 20.0. The number of hydrogen-bond acceptors (Lipinski definition) is 8. The molecule has 7 nitrogen and oxygen atoms in total. The number of carbonyl (C=O) groups excluding carboxylic acids is 3. The van der Waals surface area contributed by atoms with Crippen LogP contribution in [-0.2, 0) is 47.9 Å². The molecule has 0 spiro atoms. The molecule has 1 saturated heterocycles. The van der Waals surface area contributed by atoms with Crippen LogP contribution in [0.5, 0.6) is 0 Å². The Morgan fingerprint density at radius 1 is 0.600 bits per heavy atom. The first-order chi connectivity index (χ1) is 19.5. The number of thioether (sulfide) groups is 1. The summed E-state index contributed by atoms with van der Waals surface area (Å²) in [4.78, 5) is 37.9. The third-order valence-electron chi connectivity index (χ3n) is 6.61. The molecule has 0 aliphatic carbocycles. The second-order valence-corrected chi connectivity index (χ2v) is 11.0. The Morgan fingerprint density at radius 3 is 1.45 bits per heavy atom.